The number of nitrogens with zero attached hydrogens (tertiary/aromatic N) is 3. The number of aliphatic hydroxyl groups excluding tert-OH is 2. The van der Waals surface area contributed by atoms with Gasteiger partial charge in [-0.25, -0.2) is 4.98 Å². The van der Waals surface area contributed by atoms with Crippen LogP contribution in [0, 0.1) is 0 Å². The van der Waals surface area contributed by atoms with E-state index in [1.165, 1.54) is 10.9 Å². The average molecular weight is 277 g/mol. The van der Waals surface area contributed by atoms with Gasteiger partial charge in [-0.05, 0) is 0 Å². The molecule has 0 spiro atoms. The molecule has 3 atom stereocenters. The predicted molar refractivity (Wildman–Crippen MR) is 64.2 cm³/mol. The number of H-pyrrole nitrogens is 1. The Balaban J connectivity index is 2.05. The molecule has 0 aromatic carbocycles. The largest absolute Gasteiger partial charge is 0.394 e. The number of aromatic nitrogens is 4. The molecular formula is C10H13N5O4. The molecule has 2 aromatic rings. The van der Waals surface area contributed by atoms with E-state index in [9.17, 15) is 9.90 Å². The number of nitrogen functional groups attached to an aromatic ring is 1. The highest BCUT2D eigenvalue weighted by Crippen LogP contribution is 2.30. The Morgan fingerprint density at radius 3 is 3.11 bits per heavy atom. The number of hydrogen-bond donors (Lipinski definition) is 4. The molecule has 0 saturated carbocycles. The average Bonchev–Trinajstić information content (AvgIpc) is 2.92. The molecule has 3 heterocycles. The van der Waals surface area contributed by atoms with Gasteiger partial charge >= 0.3 is 0 Å². The minimum absolute atomic E-state index is 0.0171. The van der Waals surface area contributed by atoms with Gasteiger partial charge in [0, 0.05) is 6.42 Å². The molecule has 9 heteroatoms. The summed E-state index contributed by atoms with van der Waals surface area (Å²) in [6, 6.07) is 0. The Morgan fingerprint density at radius 2 is 2.42 bits per heavy atom. The Labute approximate surface area is 106 Å². The molecule has 2 aromatic heterocycles. The van der Waals surface area contributed by atoms with Crippen LogP contribution in [0.2, 0.25) is 0 Å². The first-order valence-electron chi connectivity index (χ1n) is 5.77. The van der Waals surface area contributed by atoms with Gasteiger partial charge in [-0.15, -0.1) is 0 Å². The quantitative estimate of drug-likeness (QED) is 0.482. The lowest BCUT2D eigenvalue weighted by Crippen LogP contribution is -2.24. The molecule has 3 rings (SSSR count). The zero-order valence-electron chi connectivity index (χ0n) is 9.85. The molecule has 1 fully saturated rings. The van der Waals surface area contributed by atoms with E-state index in [0.29, 0.717) is 0 Å². The normalized spacial score (nSPS) is 27.2. The van der Waals surface area contributed by atoms with Crippen LogP contribution in [0.1, 0.15) is 12.6 Å². The van der Waals surface area contributed by atoms with Crippen LogP contribution in [0.25, 0.3) is 11.2 Å². The lowest BCUT2D eigenvalue weighted by molar-refractivity contribution is -0.0432. The number of anilines is 1. The Bertz CT molecular complexity index is 665. The highest BCUT2D eigenvalue weighted by molar-refractivity contribution is 5.70. The van der Waals surface area contributed by atoms with Crippen molar-refractivity contribution in [2.24, 2.45) is 0 Å². The van der Waals surface area contributed by atoms with E-state index < -0.39 is 24.0 Å². The fraction of sp³-hybridized carbons (Fsp3) is 0.500. The molecule has 0 aliphatic carbocycles. The Kier molecular flexibility index (Phi) is 2.73. The third kappa shape index (κ3) is 1.87. The molecule has 9 nitrogen and oxygen atoms in total. The van der Waals surface area contributed by atoms with Gasteiger partial charge in [0.2, 0.25) is 5.95 Å². The van der Waals surface area contributed by atoms with E-state index in [-0.39, 0.29) is 30.1 Å². The Hall–Kier alpha value is -1.97. The molecule has 102 valence electrons. The molecule has 1 saturated heterocycles. The second-order valence-electron chi connectivity index (χ2n) is 4.39. The maximum absolute atomic E-state index is 11.6. The SMILES string of the molecule is N[13c]1n[13c]2[13c](n[13cH]n2[13C@H]2[13CH2][13C@H](O)[13C@@H]([13CH2]O)O2)[13c](=O)[nH]1. The van der Waals surface area contributed by atoms with Crippen molar-refractivity contribution in [2.45, 2.75) is 24.9 Å². The summed E-state index contributed by atoms with van der Waals surface area (Å²) in [7, 11) is 0. The lowest BCUT2D eigenvalue weighted by atomic mass is 11.1. The number of aliphatic hydroxyl groups is 2. The van der Waals surface area contributed by atoms with Crippen LogP contribution in [0.5, 0.6) is 0 Å². The summed E-state index contributed by atoms with van der Waals surface area (Å²) < 4.78 is 7.01. The molecular weight excluding hydrogens is 264 g/mol. The Morgan fingerprint density at radius 1 is 1.63 bits per heavy atom. The maximum atomic E-state index is 11.6. The zero-order valence-corrected chi connectivity index (χ0v) is 9.85. The van der Waals surface area contributed by atoms with Crippen LogP contribution in [0.15, 0.2) is 11.1 Å². The second-order valence-corrected chi connectivity index (χ2v) is 4.39. The summed E-state index contributed by atoms with van der Waals surface area (Å²) in [4.78, 5) is 22.0. The number of ether oxygens (including phenoxy) is 1. The van der Waals surface area contributed by atoms with Crippen molar-refractivity contribution in [3.05, 3.63) is 16.7 Å². The van der Waals surface area contributed by atoms with Crippen molar-refractivity contribution in [3.8, 4) is 0 Å². The van der Waals surface area contributed by atoms with E-state index in [1.54, 1.807) is 0 Å². The molecule has 0 radical (unpaired) electrons. The summed E-state index contributed by atoms with van der Waals surface area (Å²) in [5.41, 5.74) is 5.50. The summed E-state index contributed by atoms with van der Waals surface area (Å²) in [6.07, 6.45) is -0.270. The smallest absolute Gasteiger partial charge is 0.280 e. The standard InChI is InChI=1S/C10H13N5O4/c11-10-13-8-7(9(18)14-10)12-3-15(8)6-1-4(17)5(2-16)19-6/h3-6,16-17H,1-2H2,(H3,11,13,14,18)/t4-,5+,6+/m0/s1/i1+1,2+1,3+1,4+1,5+1,6+1,7+1,8+1,9+1,10+1. The molecule has 5 N–H and O–H groups in total. The van der Waals surface area contributed by atoms with Crippen LogP contribution < -0.4 is 11.3 Å². The van der Waals surface area contributed by atoms with Gasteiger partial charge in [0.05, 0.1) is 19.0 Å². The monoisotopic (exact) mass is 277 g/mol. The molecule has 0 amide bonds. The van der Waals surface area contributed by atoms with Gasteiger partial charge in [-0.2, -0.15) is 4.98 Å². The molecule has 0 bridgehead atoms. The number of aromatic amines is 1. The van der Waals surface area contributed by atoms with E-state index in [2.05, 4.69) is 15.0 Å². The molecule has 19 heavy (non-hydrogen) atoms. The number of nitrogens with one attached hydrogen (secondary N) is 1. The first-order valence-corrected chi connectivity index (χ1v) is 5.77. The van der Waals surface area contributed by atoms with E-state index in [0.717, 1.165) is 0 Å². The van der Waals surface area contributed by atoms with Gasteiger partial charge in [0.25, 0.3) is 5.56 Å². The van der Waals surface area contributed by atoms with Gasteiger partial charge in [-0.1, -0.05) is 0 Å². The number of nitrogens with two attached hydrogens (primary N) is 1. The van der Waals surface area contributed by atoms with Gasteiger partial charge in [0.1, 0.15) is 12.3 Å². The number of imidazole rings is 1. The van der Waals surface area contributed by atoms with Crippen LogP contribution in [-0.2, 0) is 4.74 Å². The number of rotatable bonds is 2. The summed E-state index contributed by atoms with van der Waals surface area (Å²) in [5, 5.41) is 18.8. The van der Waals surface area contributed by atoms with Crippen LogP contribution >= 0.6 is 0 Å². The minimum Gasteiger partial charge on any atom is -0.394 e. The van der Waals surface area contributed by atoms with Crippen LogP contribution in [-0.4, -0.2) is 48.5 Å². The van der Waals surface area contributed by atoms with Crippen molar-refractivity contribution in [1.29, 1.82) is 0 Å². The van der Waals surface area contributed by atoms with Crippen LogP contribution in [0.4, 0.5) is 5.95 Å². The topological polar surface area (TPSA) is 139 Å². The highest BCUT2D eigenvalue weighted by Gasteiger charge is 2.35. The fourth-order valence-corrected chi connectivity index (χ4v) is 2.20. The van der Waals surface area contributed by atoms with Gasteiger partial charge in [-0.3, -0.25) is 14.3 Å². The van der Waals surface area contributed by atoms with Crippen molar-refractivity contribution in [1.82, 2.24) is 19.5 Å². The number of fused-ring (bicyclic) bond motifs is 1. The third-order valence-electron chi connectivity index (χ3n) is 3.15. The van der Waals surface area contributed by atoms with E-state index in [1.807, 2.05) is 0 Å². The molecule has 1 aliphatic rings. The fourth-order valence-electron chi connectivity index (χ4n) is 2.20. The van der Waals surface area contributed by atoms with Crippen molar-refractivity contribution >= 4 is 17.1 Å². The maximum Gasteiger partial charge on any atom is 0.280 e. The predicted octanol–water partition coefficient (Wildman–Crippen LogP) is -1.66. The van der Waals surface area contributed by atoms with E-state index >= 15 is 0 Å². The highest BCUT2D eigenvalue weighted by atomic mass is 16.7. The first-order chi connectivity index (χ1) is 9.10. The van der Waals surface area contributed by atoms with Gasteiger partial charge < -0.3 is 20.7 Å². The number of hydrogen-bond acceptors (Lipinski definition) is 7. The van der Waals surface area contributed by atoms with E-state index in [4.69, 9.17) is 15.6 Å². The summed E-state index contributed by atoms with van der Waals surface area (Å²) in [5.74, 6) is -0.0171. The molecule has 0 unspecified atom stereocenters. The third-order valence-corrected chi connectivity index (χ3v) is 3.15. The minimum atomic E-state index is -0.771. The molecule has 1 aliphatic heterocycles. The summed E-state index contributed by atoms with van der Waals surface area (Å²) in [6.45, 7) is -0.277. The van der Waals surface area contributed by atoms with Crippen molar-refractivity contribution in [3.63, 3.8) is 0 Å². The van der Waals surface area contributed by atoms with Crippen molar-refractivity contribution < 1.29 is 14.9 Å². The van der Waals surface area contributed by atoms with Crippen LogP contribution in [0.3, 0.4) is 0 Å². The van der Waals surface area contributed by atoms with Gasteiger partial charge in [0.15, 0.2) is 11.2 Å². The summed E-state index contributed by atoms with van der Waals surface area (Å²) >= 11 is 0. The second kappa shape index (κ2) is 4.30. The zero-order chi connectivity index (χ0) is 13.6. The first kappa shape index (κ1) is 12.1. The lowest BCUT2D eigenvalue weighted by Gasteiger charge is -2.13. The van der Waals surface area contributed by atoms with Crippen molar-refractivity contribution in [2.75, 3.05) is 12.3 Å².